The van der Waals surface area contributed by atoms with Gasteiger partial charge in [-0.15, -0.1) is 0 Å². The van der Waals surface area contributed by atoms with Crippen molar-refractivity contribution in [3.05, 3.63) is 29.8 Å². The molecule has 0 atom stereocenters. The minimum absolute atomic E-state index is 0.0942. The first-order valence-corrected chi connectivity index (χ1v) is 9.19. The van der Waals surface area contributed by atoms with Crippen LogP contribution in [0.25, 0.3) is 11.3 Å². The van der Waals surface area contributed by atoms with E-state index >= 15 is 0 Å². The minimum atomic E-state index is -0.189. The van der Waals surface area contributed by atoms with Crippen LogP contribution in [0.2, 0.25) is 0 Å². The molecule has 0 spiro atoms. The van der Waals surface area contributed by atoms with Gasteiger partial charge in [0.2, 0.25) is 0 Å². The van der Waals surface area contributed by atoms with E-state index in [-0.39, 0.29) is 18.1 Å². The van der Waals surface area contributed by atoms with Crippen molar-refractivity contribution in [2.24, 2.45) is 0 Å². The molecule has 0 radical (unpaired) electrons. The monoisotopic (exact) mass is 359 g/mol. The first-order chi connectivity index (χ1) is 12.4. The Hall–Kier alpha value is -2.50. The van der Waals surface area contributed by atoms with Crippen LogP contribution in [0.3, 0.4) is 0 Å². The second-order valence-corrected chi connectivity index (χ2v) is 6.71. The highest BCUT2D eigenvalue weighted by Crippen LogP contribution is 2.29. The van der Waals surface area contributed by atoms with Gasteiger partial charge in [-0.05, 0) is 52.7 Å². The first kappa shape index (κ1) is 19.8. The third-order valence-corrected chi connectivity index (χ3v) is 4.12. The molecule has 0 aliphatic heterocycles. The van der Waals surface area contributed by atoms with Gasteiger partial charge in [0.05, 0.1) is 6.61 Å². The van der Waals surface area contributed by atoms with Crippen molar-refractivity contribution in [2.45, 2.75) is 60.0 Å². The van der Waals surface area contributed by atoms with E-state index in [1.165, 1.54) is 0 Å². The molecule has 0 fully saturated rings. The van der Waals surface area contributed by atoms with E-state index in [1.54, 1.807) is 11.0 Å². The maximum atomic E-state index is 12.5. The standard InChI is InChI=1S/C20H29N3O3/c1-7-15-9-10-16(11-17(15)25-8-2)18-12-19(22-26-18)21-20(24)23(13(3)4)14(5)6/h9-14H,7-8H2,1-6H3,(H,21,22,24). The molecule has 1 aromatic carbocycles. The minimum Gasteiger partial charge on any atom is -0.494 e. The molecule has 1 aromatic heterocycles. The van der Waals surface area contributed by atoms with Crippen LogP contribution in [0.1, 0.15) is 47.1 Å². The van der Waals surface area contributed by atoms with Crippen molar-refractivity contribution >= 4 is 11.8 Å². The average Bonchev–Trinajstić information content (AvgIpc) is 3.02. The molecule has 2 rings (SSSR count). The molecule has 6 heteroatoms. The lowest BCUT2D eigenvalue weighted by molar-refractivity contribution is 0.178. The van der Waals surface area contributed by atoms with E-state index in [9.17, 15) is 4.79 Å². The Morgan fingerprint density at radius 1 is 1.19 bits per heavy atom. The fourth-order valence-electron chi connectivity index (χ4n) is 3.00. The fraction of sp³-hybridized carbons (Fsp3) is 0.500. The average molecular weight is 359 g/mol. The topological polar surface area (TPSA) is 67.6 Å². The summed E-state index contributed by atoms with van der Waals surface area (Å²) in [6, 6.07) is 7.68. The summed E-state index contributed by atoms with van der Waals surface area (Å²) < 4.78 is 11.1. The molecule has 0 aliphatic rings. The number of aryl methyl sites for hydroxylation is 1. The van der Waals surface area contributed by atoms with Crippen LogP contribution in [-0.2, 0) is 6.42 Å². The largest absolute Gasteiger partial charge is 0.494 e. The van der Waals surface area contributed by atoms with Crippen LogP contribution in [0.5, 0.6) is 5.75 Å². The predicted molar refractivity (Wildman–Crippen MR) is 104 cm³/mol. The van der Waals surface area contributed by atoms with Crippen LogP contribution >= 0.6 is 0 Å². The lowest BCUT2D eigenvalue weighted by Crippen LogP contribution is -2.44. The normalized spacial score (nSPS) is 11.1. The first-order valence-electron chi connectivity index (χ1n) is 9.19. The SMILES string of the molecule is CCOc1cc(-c2cc(NC(=O)N(C(C)C)C(C)C)no2)ccc1CC. The lowest BCUT2D eigenvalue weighted by Gasteiger charge is -2.30. The number of nitrogens with one attached hydrogen (secondary N) is 1. The van der Waals surface area contributed by atoms with Crippen LogP contribution < -0.4 is 10.1 Å². The van der Waals surface area contributed by atoms with Crippen LogP contribution in [0.4, 0.5) is 10.6 Å². The van der Waals surface area contributed by atoms with Gasteiger partial charge in [-0.25, -0.2) is 4.79 Å². The van der Waals surface area contributed by atoms with E-state index < -0.39 is 0 Å². The summed E-state index contributed by atoms with van der Waals surface area (Å²) in [5, 5.41) is 6.79. The molecule has 0 unspecified atom stereocenters. The van der Waals surface area contributed by atoms with Crippen LogP contribution in [0, 0.1) is 0 Å². The number of nitrogens with zero attached hydrogens (tertiary/aromatic N) is 2. The molecule has 2 aromatic rings. The third kappa shape index (κ3) is 4.56. The molecule has 26 heavy (non-hydrogen) atoms. The summed E-state index contributed by atoms with van der Waals surface area (Å²) in [6.07, 6.45) is 0.896. The number of hydrogen-bond acceptors (Lipinski definition) is 4. The number of carbonyl (C=O) groups is 1. The van der Waals surface area contributed by atoms with Gasteiger partial charge < -0.3 is 14.2 Å². The lowest BCUT2D eigenvalue weighted by atomic mass is 10.1. The molecule has 0 bridgehead atoms. The zero-order valence-electron chi connectivity index (χ0n) is 16.5. The highest BCUT2D eigenvalue weighted by atomic mass is 16.5. The van der Waals surface area contributed by atoms with Crippen molar-refractivity contribution in [3.63, 3.8) is 0 Å². The molecule has 142 valence electrons. The van der Waals surface area contributed by atoms with E-state index in [1.807, 2.05) is 52.8 Å². The van der Waals surface area contributed by atoms with Gasteiger partial charge in [0.1, 0.15) is 5.75 Å². The van der Waals surface area contributed by atoms with Gasteiger partial charge in [-0.1, -0.05) is 24.2 Å². The Morgan fingerprint density at radius 3 is 2.46 bits per heavy atom. The summed E-state index contributed by atoms with van der Waals surface area (Å²) in [5.41, 5.74) is 2.01. The Labute approximate surface area is 155 Å². The number of benzene rings is 1. The number of aromatic nitrogens is 1. The summed E-state index contributed by atoms with van der Waals surface area (Å²) in [5.74, 6) is 1.83. The van der Waals surface area contributed by atoms with E-state index in [4.69, 9.17) is 9.26 Å². The maximum Gasteiger partial charge on any atom is 0.323 e. The van der Waals surface area contributed by atoms with Gasteiger partial charge in [-0.3, -0.25) is 5.32 Å². The van der Waals surface area contributed by atoms with Crippen LogP contribution in [-0.4, -0.2) is 34.8 Å². The maximum absolute atomic E-state index is 12.5. The fourth-order valence-corrected chi connectivity index (χ4v) is 3.00. The van der Waals surface area contributed by atoms with Crippen molar-refractivity contribution in [1.29, 1.82) is 0 Å². The number of rotatable bonds is 7. The molecule has 6 nitrogen and oxygen atoms in total. The number of carbonyl (C=O) groups excluding carboxylic acids is 1. The molecule has 0 aliphatic carbocycles. The van der Waals surface area contributed by atoms with Crippen molar-refractivity contribution < 1.29 is 14.1 Å². The highest BCUT2D eigenvalue weighted by molar-refractivity contribution is 5.89. The van der Waals surface area contributed by atoms with Gasteiger partial charge in [0.25, 0.3) is 0 Å². The Kier molecular flexibility index (Phi) is 6.66. The molecule has 1 heterocycles. The van der Waals surface area contributed by atoms with E-state index in [2.05, 4.69) is 17.4 Å². The van der Waals surface area contributed by atoms with E-state index in [0.29, 0.717) is 18.2 Å². The van der Waals surface area contributed by atoms with Gasteiger partial charge in [0.15, 0.2) is 11.6 Å². The second-order valence-electron chi connectivity index (χ2n) is 6.71. The zero-order valence-corrected chi connectivity index (χ0v) is 16.5. The van der Waals surface area contributed by atoms with E-state index in [0.717, 1.165) is 23.3 Å². The molecule has 0 saturated heterocycles. The smallest absolute Gasteiger partial charge is 0.323 e. The quantitative estimate of drug-likeness (QED) is 0.759. The van der Waals surface area contributed by atoms with Crippen molar-refractivity contribution in [3.8, 4) is 17.1 Å². The van der Waals surface area contributed by atoms with Crippen molar-refractivity contribution in [1.82, 2.24) is 10.1 Å². The number of amides is 2. The molecular weight excluding hydrogens is 330 g/mol. The molecule has 2 amide bonds. The van der Waals surface area contributed by atoms with Gasteiger partial charge in [0, 0.05) is 23.7 Å². The van der Waals surface area contributed by atoms with Gasteiger partial charge >= 0.3 is 6.03 Å². The summed E-state index contributed by atoms with van der Waals surface area (Å²) in [6.45, 7) is 12.6. The number of anilines is 1. The molecule has 0 saturated carbocycles. The summed E-state index contributed by atoms with van der Waals surface area (Å²) in [4.78, 5) is 14.2. The van der Waals surface area contributed by atoms with Crippen LogP contribution in [0.15, 0.2) is 28.8 Å². The number of ether oxygens (including phenoxy) is 1. The zero-order chi connectivity index (χ0) is 19.3. The predicted octanol–water partition coefficient (Wildman–Crippen LogP) is 4.95. The Morgan fingerprint density at radius 2 is 1.88 bits per heavy atom. The van der Waals surface area contributed by atoms with Crippen molar-refractivity contribution in [2.75, 3.05) is 11.9 Å². The van der Waals surface area contributed by atoms with Gasteiger partial charge in [-0.2, -0.15) is 0 Å². The Balaban J connectivity index is 2.19. The number of hydrogen-bond donors (Lipinski definition) is 1. The molecular formula is C20H29N3O3. The third-order valence-electron chi connectivity index (χ3n) is 4.12. The summed E-state index contributed by atoms with van der Waals surface area (Å²) >= 11 is 0. The summed E-state index contributed by atoms with van der Waals surface area (Å²) in [7, 11) is 0. The number of urea groups is 1. The second kappa shape index (κ2) is 8.74. The molecule has 1 N–H and O–H groups in total. The Bertz CT molecular complexity index is 730. The highest BCUT2D eigenvalue weighted by Gasteiger charge is 2.21.